The maximum Gasteiger partial charge on any atom is 0.312 e. The van der Waals surface area contributed by atoms with Crippen molar-refractivity contribution in [2.45, 2.75) is 78.7 Å². The zero-order valence-corrected chi connectivity index (χ0v) is 13.8. The first-order valence-electron chi connectivity index (χ1n) is 8.42. The predicted octanol–water partition coefficient (Wildman–Crippen LogP) is 4.57. The molecule has 0 aliphatic heterocycles. The van der Waals surface area contributed by atoms with Gasteiger partial charge in [-0.3, -0.25) is 4.79 Å². The fourth-order valence-electron chi connectivity index (χ4n) is 5.17. The van der Waals surface area contributed by atoms with Crippen LogP contribution in [-0.4, -0.2) is 11.6 Å². The second-order valence-electron chi connectivity index (χ2n) is 8.89. The molecule has 0 N–H and O–H groups in total. The molecule has 114 valence electrons. The van der Waals surface area contributed by atoms with Crippen molar-refractivity contribution in [3.63, 3.8) is 0 Å². The predicted molar refractivity (Wildman–Crippen MR) is 80.2 cm³/mol. The van der Waals surface area contributed by atoms with Crippen molar-refractivity contribution in [3.8, 4) is 0 Å². The van der Waals surface area contributed by atoms with Gasteiger partial charge in [0.25, 0.3) is 0 Å². The van der Waals surface area contributed by atoms with Gasteiger partial charge in [-0.05, 0) is 84.0 Å². The SMILES string of the molecule is CCC(C)(C)C(=O)OC(C)(C)C12CC3CC(C1)C(C3)C2. The van der Waals surface area contributed by atoms with Gasteiger partial charge in [0.2, 0.25) is 0 Å². The van der Waals surface area contributed by atoms with Crippen molar-refractivity contribution in [1.29, 1.82) is 0 Å². The molecular weight excluding hydrogens is 248 g/mol. The highest BCUT2D eigenvalue weighted by atomic mass is 16.6. The van der Waals surface area contributed by atoms with E-state index < -0.39 is 0 Å². The van der Waals surface area contributed by atoms with E-state index in [4.69, 9.17) is 4.74 Å². The van der Waals surface area contributed by atoms with Gasteiger partial charge in [-0.1, -0.05) is 6.92 Å². The molecule has 2 atom stereocenters. The van der Waals surface area contributed by atoms with Crippen molar-refractivity contribution >= 4 is 5.97 Å². The Bertz CT molecular complexity index is 402. The summed E-state index contributed by atoms with van der Waals surface area (Å²) in [4.78, 5) is 12.5. The Kier molecular flexibility index (Phi) is 3.05. The van der Waals surface area contributed by atoms with Crippen molar-refractivity contribution in [2.75, 3.05) is 0 Å². The molecule has 4 rings (SSSR count). The summed E-state index contributed by atoms with van der Waals surface area (Å²) >= 11 is 0. The Morgan fingerprint density at radius 2 is 1.65 bits per heavy atom. The molecule has 4 fully saturated rings. The Balaban J connectivity index is 1.78. The monoisotopic (exact) mass is 278 g/mol. The Hall–Kier alpha value is -0.530. The lowest BCUT2D eigenvalue weighted by Crippen LogP contribution is -2.50. The molecule has 0 heterocycles. The molecule has 4 aliphatic rings. The van der Waals surface area contributed by atoms with Crippen LogP contribution in [0.4, 0.5) is 0 Å². The Labute approximate surface area is 123 Å². The van der Waals surface area contributed by atoms with Gasteiger partial charge >= 0.3 is 5.97 Å². The van der Waals surface area contributed by atoms with E-state index in [0.717, 1.165) is 24.2 Å². The number of ether oxygens (including phenoxy) is 1. The van der Waals surface area contributed by atoms with Gasteiger partial charge in [0.05, 0.1) is 5.41 Å². The van der Waals surface area contributed by atoms with E-state index >= 15 is 0 Å². The summed E-state index contributed by atoms with van der Waals surface area (Å²) in [6.45, 7) is 10.4. The van der Waals surface area contributed by atoms with Gasteiger partial charge in [0, 0.05) is 5.41 Å². The highest BCUT2D eigenvalue weighted by Gasteiger charge is 2.62. The maximum absolute atomic E-state index is 12.5. The normalized spacial score (nSPS) is 39.4. The summed E-state index contributed by atoms with van der Waals surface area (Å²) in [5, 5.41) is 0. The average Bonchev–Trinajstić information content (AvgIpc) is 2.77. The number of rotatable bonds is 4. The number of hydrogen-bond donors (Lipinski definition) is 0. The second-order valence-corrected chi connectivity index (χ2v) is 8.89. The number of hydrogen-bond acceptors (Lipinski definition) is 2. The molecule has 0 aromatic carbocycles. The zero-order chi connectivity index (χ0) is 14.8. The molecule has 0 aromatic heterocycles. The van der Waals surface area contributed by atoms with E-state index in [0.29, 0.717) is 0 Å². The summed E-state index contributed by atoms with van der Waals surface area (Å²) in [6.07, 6.45) is 7.59. The summed E-state index contributed by atoms with van der Waals surface area (Å²) in [6, 6.07) is 0. The lowest BCUT2D eigenvalue weighted by atomic mass is 9.61. The first kappa shape index (κ1) is 14.4. The molecule has 2 unspecified atom stereocenters. The van der Waals surface area contributed by atoms with Crippen LogP contribution in [0.5, 0.6) is 0 Å². The van der Waals surface area contributed by atoms with Crippen LogP contribution in [0.1, 0.15) is 73.1 Å². The molecule has 0 aromatic rings. The second kappa shape index (κ2) is 4.24. The van der Waals surface area contributed by atoms with Crippen LogP contribution < -0.4 is 0 Å². The molecule has 0 spiro atoms. The quantitative estimate of drug-likeness (QED) is 0.704. The molecule has 20 heavy (non-hydrogen) atoms. The highest BCUT2D eigenvalue weighted by molar-refractivity contribution is 5.76. The van der Waals surface area contributed by atoms with Gasteiger partial charge in [0.1, 0.15) is 5.60 Å². The smallest absolute Gasteiger partial charge is 0.312 e. The van der Waals surface area contributed by atoms with E-state index in [1.165, 1.54) is 32.1 Å². The van der Waals surface area contributed by atoms with Gasteiger partial charge in [-0.2, -0.15) is 0 Å². The van der Waals surface area contributed by atoms with Crippen molar-refractivity contribution < 1.29 is 9.53 Å². The minimum atomic E-state index is -0.358. The minimum absolute atomic E-state index is 0.0120. The molecular formula is C18H30O2. The molecule has 0 radical (unpaired) electrons. The van der Waals surface area contributed by atoms with Crippen LogP contribution in [-0.2, 0) is 9.53 Å². The fourth-order valence-corrected chi connectivity index (χ4v) is 5.17. The molecule has 2 heteroatoms. The van der Waals surface area contributed by atoms with Gasteiger partial charge in [-0.25, -0.2) is 0 Å². The standard InChI is InChI=1S/C18H30O2/c1-6-16(2,3)15(19)20-17(4,5)18-9-12-7-13(10-18)14(8-12)11-18/h12-14H,6-11H2,1-5H3. The van der Waals surface area contributed by atoms with Gasteiger partial charge in [0.15, 0.2) is 0 Å². The molecule has 4 aliphatic carbocycles. The summed E-state index contributed by atoms with van der Waals surface area (Å²) in [5.74, 6) is 2.74. The van der Waals surface area contributed by atoms with Crippen LogP contribution in [0.25, 0.3) is 0 Å². The van der Waals surface area contributed by atoms with E-state index in [-0.39, 0.29) is 22.4 Å². The maximum atomic E-state index is 12.5. The van der Waals surface area contributed by atoms with Crippen molar-refractivity contribution in [1.82, 2.24) is 0 Å². The molecule has 2 nitrogen and oxygen atoms in total. The zero-order valence-electron chi connectivity index (χ0n) is 13.8. The lowest BCUT2D eigenvalue weighted by molar-refractivity contribution is -0.186. The van der Waals surface area contributed by atoms with Crippen LogP contribution in [0, 0.1) is 28.6 Å². The first-order valence-corrected chi connectivity index (χ1v) is 8.42. The van der Waals surface area contributed by atoms with Crippen LogP contribution in [0.2, 0.25) is 0 Å². The topological polar surface area (TPSA) is 26.3 Å². The van der Waals surface area contributed by atoms with E-state index in [1.807, 2.05) is 13.8 Å². The average molecular weight is 278 g/mol. The third-order valence-electron chi connectivity index (χ3n) is 6.99. The molecule has 0 saturated heterocycles. The van der Waals surface area contributed by atoms with E-state index in [9.17, 15) is 4.79 Å². The number of carbonyl (C=O) groups is 1. The summed E-state index contributed by atoms with van der Waals surface area (Å²) < 4.78 is 6.08. The third kappa shape index (κ3) is 1.94. The molecule has 4 bridgehead atoms. The number of esters is 1. The lowest BCUT2D eigenvalue weighted by Gasteiger charge is -2.49. The first-order chi connectivity index (χ1) is 9.19. The summed E-state index contributed by atoms with van der Waals surface area (Å²) in [5.41, 5.74) is -0.394. The van der Waals surface area contributed by atoms with Gasteiger partial charge < -0.3 is 4.74 Å². The highest BCUT2D eigenvalue weighted by Crippen LogP contribution is 2.68. The van der Waals surface area contributed by atoms with Crippen LogP contribution in [0.15, 0.2) is 0 Å². The van der Waals surface area contributed by atoms with E-state index in [1.54, 1.807) is 0 Å². The number of carbonyl (C=O) groups excluding carboxylic acids is 1. The van der Waals surface area contributed by atoms with Crippen molar-refractivity contribution in [3.05, 3.63) is 0 Å². The summed E-state index contributed by atoms with van der Waals surface area (Å²) in [7, 11) is 0. The fraction of sp³-hybridized carbons (Fsp3) is 0.944. The van der Waals surface area contributed by atoms with Crippen LogP contribution in [0.3, 0.4) is 0 Å². The molecule has 4 saturated carbocycles. The minimum Gasteiger partial charge on any atom is -0.459 e. The van der Waals surface area contributed by atoms with Crippen molar-refractivity contribution in [2.24, 2.45) is 28.6 Å². The van der Waals surface area contributed by atoms with Gasteiger partial charge in [-0.15, -0.1) is 0 Å². The third-order valence-corrected chi connectivity index (χ3v) is 6.99. The largest absolute Gasteiger partial charge is 0.459 e. The van der Waals surface area contributed by atoms with Crippen LogP contribution >= 0.6 is 0 Å². The Morgan fingerprint density at radius 1 is 1.10 bits per heavy atom. The molecule has 0 amide bonds. The van der Waals surface area contributed by atoms with E-state index in [2.05, 4.69) is 20.8 Å². The Morgan fingerprint density at radius 3 is 2.10 bits per heavy atom.